The van der Waals surface area contributed by atoms with Gasteiger partial charge >= 0.3 is 0 Å². The van der Waals surface area contributed by atoms with E-state index < -0.39 is 0 Å². The van der Waals surface area contributed by atoms with Crippen LogP contribution in [0.3, 0.4) is 0 Å². The van der Waals surface area contributed by atoms with Crippen molar-refractivity contribution in [3.8, 4) is 78.6 Å². The van der Waals surface area contributed by atoms with Crippen molar-refractivity contribution < 1.29 is 5.11 Å². The molecule has 0 atom stereocenters. The Morgan fingerprint density at radius 3 is 1.68 bits per heavy atom. The van der Waals surface area contributed by atoms with Crippen LogP contribution in [-0.2, 0) is 11.8 Å². The third-order valence-electron chi connectivity index (χ3n) is 12.4. The first-order valence-electron chi connectivity index (χ1n) is 22.4. The third kappa shape index (κ3) is 8.16. The monoisotopic (exact) mass is 841 g/mol. The van der Waals surface area contributed by atoms with Gasteiger partial charge < -0.3 is 5.11 Å². The molecule has 2 heterocycles. The Labute approximate surface area is 382 Å². The minimum absolute atomic E-state index is 0.235. The number of benzene rings is 8. The number of fused-ring (bicyclic) bond motifs is 1. The zero-order valence-corrected chi connectivity index (χ0v) is 37.5. The van der Waals surface area contributed by atoms with Gasteiger partial charge in [-0.3, -0.25) is 9.55 Å². The molecule has 0 spiro atoms. The molecule has 0 bridgehead atoms. The number of aromatic hydroxyl groups is 1. The number of phenols is 1. The van der Waals surface area contributed by atoms with E-state index in [9.17, 15) is 5.11 Å². The fourth-order valence-electron chi connectivity index (χ4n) is 9.46. The topological polar surface area (TPSA) is 50.9 Å². The second-order valence-corrected chi connectivity index (χ2v) is 18.2. The molecule has 0 aliphatic carbocycles. The van der Waals surface area contributed by atoms with Crippen LogP contribution in [0.1, 0.15) is 48.6 Å². The van der Waals surface area contributed by atoms with Crippen molar-refractivity contribution >= 4 is 11.0 Å². The van der Waals surface area contributed by atoms with E-state index in [0.717, 1.165) is 84.5 Å². The van der Waals surface area contributed by atoms with Crippen molar-refractivity contribution in [2.75, 3.05) is 0 Å². The molecule has 65 heavy (non-hydrogen) atoms. The molecule has 4 nitrogen and oxygen atoms in total. The van der Waals surface area contributed by atoms with Crippen LogP contribution in [0.5, 0.6) is 5.75 Å². The van der Waals surface area contributed by atoms with E-state index >= 15 is 0 Å². The van der Waals surface area contributed by atoms with Gasteiger partial charge in [0.2, 0.25) is 0 Å². The summed E-state index contributed by atoms with van der Waals surface area (Å²) in [5, 5.41) is 12.4. The van der Waals surface area contributed by atoms with E-state index in [1.807, 2.05) is 30.5 Å². The highest BCUT2D eigenvalue weighted by molar-refractivity contribution is 5.99. The highest BCUT2D eigenvalue weighted by Gasteiger charge is 2.27. The van der Waals surface area contributed by atoms with Gasteiger partial charge in [0.05, 0.1) is 28.0 Å². The number of nitrogens with zero attached hydrogens (tertiary/aromatic N) is 3. The summed E-state index contributed by atoms with van der Waals surface area (Å²) in [4.78, 5) is 10.6. The summed E-state index contributed by atoms with van der Waals surface area (Å²) in [5.74, 6) is 0.902. The molecule has 10 aromatic rings. The molecular weight excluding hydrogens is 791 g/mol. The molecule has 0 unspecified atom stereocenters. The standard InChI is InChI=1S/C61H51N3O/c1-40-32-41(2)34-42(33-40)35-43-36-48(38-49(37-43)55-39-47(30-31-62-55)44-18-9-6-10-19-44)50-24-17-29-56-57(50)63-60(53-27-16-28-54(59(53)65)61(3,4)5)64(56)58-51(45-20-11-7-12-21-45)25-15-26-52(58)46-22-13-8-14-23-46/h6-34,36-39,65H,35H2,1-5H3. The average Bonchev–Trinajstić information content (AvgIpc) is 3.70. The van der Waals surface area contributed by atoms with Gasteiger partial charge in [-0.2, -0.15) is 0 Å². The molecule has 0 saturated carbocycles. The lowest BCUT2D eigenvalue weighted by molar-refractivity contribution is 0.448. The maximum Gasteiger partial charge on any atom is 0.149 e. The first-order valence-corrected chi connectivity index (χ1v) is 22.4. The lowest BCUT2D eigenvalue weighted by Gasteiger charge is -2.23. The number of para-hydroxylation sites is 3. The zero-order chi connectivity index (χ0) is 44.7. The number of aryl methyl sites for hydroxylation is 2. The molecule has 0 radical (unpaired) electrons. The van der Waals surface area contributed by atoms with Crippen LogP contribution in [0.25, 0.3) is 83.9 Å². The molecule has 316 valence electrons. The molecule has 0 aliphatic rings. The van der Waals surface area contributed by atoms with Crippen LogP contribution in [0, 0.1) is 13.8 Å². The number of phenolic OH excluding ortho intramolecular Hbond substituents is 1. The van der Waals surface area contributed by atoms with E-state index in [4.69, 9.17) is 9.97 Å². The van der Waals surface area contributed by atoms with Crippen molar-refractivity contribution in [2.45, 2.75) is 46.5 Å². The summed E-state index contributed by atoms with van der Waals surface area (Å²) in [6.07, 6.45) is 2.67. The molecule has 0 amide bonds. The van der Waals surface area contributed by atoms with E-state index in [0.29, 0.717) is 11.4 Å². The SMILES string of the molecule is Cc1cc(C)cc(Cc2cc(-c3cc(-c4ccccc4)ccn3)cc(-c3cccc4c3nc(-c3cccc(C(C)(C)C)c3O)n4-c3c(-c4ccccc4)cccc3-c3ccccc3)c2)c1. The first-order chi connectivity index (χ1) is 31.6. The fraction of sp³-hybridized carbons (Fsp3) is 0.115. The molecule has 0 aliphatic heterocycles. The van der Waals surface area contributed by atoms with Crippen LogP contribution >= 0.6 is 0 Å². The van der Waals surface area contributed by atoms with E-state index in [1.54, 1.807) is 0 Å². The quantitative estimate of drug-likeness (QED) is 0.157. The average molecular weight is 842 g/mol. The van der Waals surface area contributed by atoms with Crippen LogP contribution < -0.4 is 0 Å². The van der Waals surface area contributed by atoms with Crippen molar-refractivity contribution in [1.29, 1.82) is 0 Å². The summed E-state index contributed by atoms with van der Waals surface area (Å²) < 4.78 is 2.29. The molecule has 2 aromatic heterocycles. The summed E-state index contributed by atoms with van der Waals surface area (Å²) in [6, 6.07) is 68.7. The molecule has 10 rings (SSSR count). The normalized spacial score (nSPS) is 11.6. The van der Waals surface area contributed by atoms with Gasteiger partial charge in [0.15, 0.2) is 0 Å². The highest BCUT2D eigenvalue weighted by atomic mass is 16.3. The number of imidazole rings is 1. The Bertz CT molecular complexity index is 3260. The predicted octanol–water partition coefficient (Wildman–Crippen LogP) is 15.6. The van der Waals surface area contributed by atoms with Crippen LogP contribution in [0.2, 0.25) is 0 Å². The second-order valence-electron chi connectivity index (χ2n) is 18.2. The van der Waals surface area contributed by atoms with Gasteiger partial charge in [-0.05, 0) is 107 Å². The van der Waals surface area contributed by atoms with Crippen LogP contribution in [-0.4, -0.2) is 19.6 Å². The maximum atomic E-state index is 12.4. The van der Waals surface area contributed by atoms with Crippen molar-refractivity contribution in [3.05, 3.63) is 228 Å². The van der Waals surface area contributed by atoms with E-state index in [2.05, 4.69) is 209 Å². The minimum atomic E-state index is -0.308. The minimum Gasteiger partial charge on any atom is -0.507 e. The predicted molar refractivity (Wildman–Crippen MR) is 271 cm³/mol. The molecule has 0 saturated heterocycles. The van der Waals surface area contributed by atoms with Gasteiger partial charge in [0.1, 0.15) is 11.6 Å². The molecule has 4 heteroatoms. The Morgan fingerprint density at radius 1 is 0.477 bits per heavy atom. The van der Waals surface area contributed by atoms with E-state index in [1.165, 1.54) is 22.3 Å². The Balaban J connectivity index is 1.27. The van der Waals surface area contributed by atoms with Crippen LogP contribution in [0.4, 0.5) is 0 Å². The Kier molecular flexibility index (Phi) is 10.8. The maximum absolute atomic E-state index is 12.4. The Hall–Kier alpha value is -7.82. The van der Waals surface area contributed by atoms with Crippen molar-refractivity contribution in [3.63, 3.8) is 0 Å². The summed E-state index contributed by atoms with van der Waals surface area (Å²) in [6.45, 7) is 10.7. The molecule has 8 aromatic carbocycles. The second kappa shape index (κ2) is 17.0. The molecular formula is C61H51N3O. The number of rotatable bonds is 9. The Morgan fingerprint density at radius 2 is 1.03 bits per heavy atom. The summed E-state index contributed by atoms with van der Waals surface area (Å²) in [5.41, 5.74) is 19.5. The lowest BCUT2D eigenvalue weighted by Crippen LogP contribution is -2.12. The highest BCUT2D eigenvalue weighted by Crippen LogP contribution is 2.45. The van der Waals surface area contributed by atoms with Crippen LogP contribution in [0.15, 0.2) is 200 Å². The number of hydrogen-bond acceptors (Lipinski definition) is 3. The molecule has 0 fully saturated rings. The smallest absolute Gasteiger partial charge is 0.149 e. The summed E-state index contributed by atoms with van der Waals surface area (Å²) >= 11 is 0. The summed E-state index contributed by atoms with van der Waals surface area (Å²) in [7, 11) is 0. The number of hydrogen-bond donors (Lipinski definition) is 1. The molecule has 1 N–H and O–H groups in total. The van der Waals surface area contributed by atoms with E-state index in [-0.39, 0.29) is 11.2 Å². The van der Waals surface area contributed by atoms with Gasteiger partial charge in [-0.15, -0.1) is 0 Å². The first kappa shape index (κ1) is 41.2. The van der Waals surface area contributed by atoms with Crippen molar-refractivity contribution in [1.82, 2.24) is 14.5 Å². The van der Waals surface area contributed by atoms with Crippen molar-refractivity contribution in [2.24, 2.45) is 0 Å². The van der Waals surface area contributed by atoms with Gasteiger partial charge in [-0.1, -0.05) is 190 Å². The third-order valence-corrected chi connectivity index (χ3v) is 12.4. The lowest BCUT2D eigenvalue weighted by atomic mass is 9.85. The van der Waals surface area contributed by atoms with Gasteiger partial charge in [-0.25, -0.2) is 4.98 Å². The van der Waals surface area contributed by atoms with Gasteiger partial charge in [0.25, 0.3) is 0 Å². The van der Waals surface area contributed by atoms with Gasteiger partial charge in [0, 0.05) is 28.5 Å². The fourth-order valence-corrected chi connectivity index (χ4v) is 9.46. The zero-order valence-electron chi connectivity index (χ0n) is 37.5. The number of aromatic nitrogens is 3. The largest absolute Gasteiger partial charge is 0.507 e. The number of pyridine rings is 1.